The number of hydrogen-bond donors (Lipinski definition) is 1. The Morgan fingerprint density at radius 1 is 0.950 bits per heavy atom. The molecule has 0 spiro atoms. The van der Waals surface area contributed by atoms with Crippen LogP contribution in [0.1, 0.15) is 5.56 Å². The van der Waals surface area contributed by atoms with Crippen LogP contribution in [0.4, 0.5) is 17.3 Å². The third-order valence-electron chi connectivity index (χ3n) is 6.84. The maximum absolute atomic E-state index is 13.6. The van der Waals surface area contributed by atoms with Crippen LogP contribution in [0.15, 0.2) is 78.0 Å². The summed E-state index contributed by atoms with van der Waals surface area (Å²) < 4.78 is 1.54. The van der Waals surface area contributed by atoms with E-state index in [4.69, 9.17) is 11.6 Å². The Hall–Kier alpha value is -4.27. The lowest BCUT2D eigenvalue weighted by molar-refractivity contribution is 0.413. The van der Waals surface area contributed by atoms with Crippen LogP contribution < -0.4 is 15.8 Å². The summed E-state index contributed by atoms with van der Waals surface area (Å²) in [6.07, 6.45) is 6.25. The van der Waals surface area contributed by atoms with Gasteiger partial charge >= 0.3 is 0 Å². The molecule has 0 atom stereocenters. The van der Waals surface area contributed by atoms with Crippen molar-refractivity contribution in [2.45, 2.75) is 6.42 Å². The topological polar surface area (TPSA) is 79.2 Å². The van der Waals surface area contributed by atoms with Crippen molar-refractivity contribution in [1.29, 1.82) is 0 Å². The minimum atomic E-state index is -0.192. The van der Waals surface area contributed by atoms with Gasteiger partial charge < -0.3 is 15.1 Å². The summed E-state index contributed by atoms with van der Waals surface area (Å²) in [6.45, 7) is 0.993. The maximum Gasteiger partial charge on any atom is 0.259 e. The van der Waals surface area contributed by atoms with E-state index in [9.17, 15) is 4.79 Å². The number of fused-ring (bicyclic) bond motifs is 1. The van der Waals surface area contributed by atoms with Crippen LogP contribution in [0.3, 0.4) is 0 Å². The number of nitrogens with zero attached hydrogens (tertiary/aromatic N) is 6. The molecule has 0 amide bonds. The van der Waals surface area contributed by atoms with Crippen LogP contribution in [-0.2, 0) is 13.5 Å². The highest BCUT2D eigenvalue weighted by Gasteiger charge is 2.18. The monoisotopic (exact) mass is 553 g/mol. The zero-order chi connectivity index (χ0) is 28.4. The van der Waals surface area contributed by atoms with Gasteiger partial charge in [0.2, 0.25) is 5.95 Å². The molecule has 0 aliphatic heterocycles. The predicted octanol–water partition coefficient (Wildman–Crippen LogP) is 5.62. The number of nitrogens with one attached hydrogen (secondary N) is 1. The summed E-state index contributed by atoms with van der Waals surface area (Å²) in [5, 5.41) is 4.47. The molecule has 8 nitrogen and oxygen atoms in total. The molecule has 204 valence electrons. The Labute approximate surface area is 238 Å². The van der Waals surface area contributed by atoms with Crippen molar-refractivity contribution in [1.82, 2.24) is 24.4 Å². The van der Waals surface area contributed by atoms with Gasteiger partial charge in [-0.3, -0.25) is 14.3 Å². The van der Waals surface area contributed by atoms with Crippen molar-refractivity contribution in [3.63, 3.8) is 0 Å². The zero-order valence-corrected chi connectivity index (χ0v) is 24.1. The summed E-state index contributed by atoms with van der Waals surface area (Å²) in [5.41, 5.74) is 6.43. The fourth-order valence-electron chi connectivity index (χ4n) is 4.63. The van der Waals surface area contributed by atoms with Crippen molar-refractivity contribution in [3.8, 4) is 22.3 Å². The van der Waals surface area contributed by atoms with Gasteiger partial charge in [0, 0.05) is 90.3 Å². The van der Waals surface area contributed by atoms with Gasteiger partial charge in [0.15, 0.2) is 0 Å². The number of rotatable bonds is 8. The Balaban J connectivity index is 1.49. The largest absolute Gasteiger partial charge is 0.377 e. The molecule has 0 unspecified atom stereocenters. The summed E-state index contributed by atoms with van der Waals surface area (Å²) in [6, 6.07) is 17.8. The van der Waals surface area contributed by atoms with E-state index in [0.29, 0.717) is 27.7 Å². The molecule has 1 N–H and O–H groups in total. The van der Waals surface area contributed by atoms with E-state index in [0.717, 1.165) is 40.9 Å². The highest BCUT2D eigenvalue weighted by molar-refractivity contribution is 6.34. The molecule has 0 saturated carbocycles. The lowest BCUT2D eigenvalue weighted by Crippen LogP contribution is -2.20. The van der Waals surface area contributed by atoms with Gasteiger partial charge in [-0.15, -0.1) is 0 Å². The molecule has 0 radical (unpaired) electrons. The fourth-order valence-corrected chi connectivity index (χ4v) is 4.89. The van der Waals surface area contributed by atoms with Gasteiger partial charge in [-0.1, -0.05) is 29.8 Å². The molecule has 5 rings (SSSR count). The molecule has 0 aliphatic rings. The number of aromatic nitrogens is 4. The first-order valence-electron chi connectivity index (χ1n) is 13.0. The Kier molecular flexibility index (Phi) is 7.82. The van der Waals surface area contributed by atoms with Crippen molar-refractivity contribution in [3.05, 3.63) is 94.1 Å². The van der Waals surface area contributed by atoms with Crippen LogP contribution in [-0.4, -0.2) is 59.2 Å². The lowest BCUT2D eigenvalue weighted by Gasteiger charge is -2.20. The Morgan fingerprint density at radius 3 is 2.40 bits per heavy atom. The Morgan fingerprint density at radius 2 is 1.73 bits per heavy atom. The highest BCUT2D eigenvalue weighted by atomic mass is 35.5. The van der Waals surface area contributed by atoms with Crippen LogP contribution in [0.2, 0.25) is 5.02 Å². The maximum atomic E-state index is 13.6. The SMILES string of the molecule is CN(C)CCc1ccc(Nc2ncc3cc(-c4cc(N(C)C)c(-c5cccnc5)cc4Cl)c(=O)n(C)c3n2)cc1. The molecule has 0 saturated heterocycles. The molecule has 3 aromatic heterocycles. The highest BCUT2D eigenvalue weighted by Crippen LogP contribution is 2.38. The third kappa shape index (κ3) is 5.68. The van der Waals surface area contributed by atoms with Gasteiger partial charge in [-0.25, -0.2) is 4.98 Å². The van der Waals surface area contributed by atoms with Crippen molar-refractivity contribution < 1.29 is 0 Å². The smallest absolute Gasteiger partial charge is 0.259 e. The quantitative estimate of drug-likeness (QED) is 0.267. The van der Waals surface area contributed by atoms with Gasteiger partial charge in [0.05, 0.1) is 0 Å². The number of aryl methyl sites for hydroxylation is 1. The minimum Gasteiger partial charge on any atom is -0.377 e. The fraction of sp³-hybridized carbons (Fsp3) is 0.226. The molecule has 0 aliphatic carbocycles. The third-order valence-corrected chi connectivity index (χ3v) is 7.15. The first-order chi connectivity index (χ1) is 19.2. The molecule has 5 aromatic rings. The van der Waals surface area contributed by atoms with E-state index >= 15 is 0 Å². The number of hydrogen-bond acceptors (Lipinski definition) is 7. The van der Waals surface area contributed by atoms with Gasteiger partial charge in [0.1, 0.15) is 5.65 Å². The van der Waals surface area contributed by atoms with E-state index < -0.39 is 0 Å². The number of likely N-dealkylation sites (N-methyl/N-ethyl adjacent to an activating group) is 1. The van der Waals surface area contributed by atoms with Crippen LogP contribution in [0.25, 0.3) is 33.3 Å². The molecule has 3 heterocycles. The predicted molar refractivity (Wildman–Crippen MR) is 165 cm³/mol. The summed E-state index contributed by atoms with van der Waals surface area (Å²) in [5.74, 6) is 0.421. The van der Waals surface area contributed by atoms with Crippen LogP contribution in [0.5, 0.6) is 0 Å². The van der Waals surface area contributed by atoms with Crippen molar-refractivity contribution in [2.24, 2.45) is 7.05 Å². The van der Waals surface area contributed by atoms with E-state index in [1.54, 1.807) is 30.2 Å². The number of halogens is 1. The van der Waals surface area contributed by atoms with Gasteiger partial charge in [-0.2, -0.15) is 4.98 Å². The van der Waals surface area contributed by atoms with E-state index in [1.807, 2.05) is 61.5 Å². The van der Waals surface area contributed by atoms with Gasteiger partial charge in [-0.05, 0) is 62.5 Å². The first kappa shape index (κ1) is 27.3. The standard InChI is InChI=1S/C31H32ClN7O/c1-37(2)14-12-20-8-10-23(11-9-20)35-31-34-19-22-15-26(30(40)39(5)29(22)36-31)25-17-28(38(3)4)24(16-27(25)32)21-7-6-13-33-18-21/h6-11,13,15-19H,12,14H2,1-5H3,(H,34,35,36). The molecule has 2 aromatic carbocycles. The van der Waals surface area contributed by atoms with Gasteiger partial charge in [0.25, 0.3) is 5.56 Å². The first-order valence-corrected chi connectivity index (χ1v) is 13.4. The summed E-state index contributed by atoms with van der Waals surface area (Å²) in [7, 11) is 9.78. The van der Waals surface area contributed by atoms with Crippen LogP contribution >= 0.6 is 11.6 Å². The van der Waals surface area contributed by atoms with E-state index in [1.165, 1.54) is 5.56 Å². The normalized spacial score (nSPS) is 11.3. The second-order valence-electron chi connectivity index (χ2n) is 10.3. The van der Waals surface area contributed by atoms with E-state index in [2.05, 4.69) is 51.4 Å². The Bertz CT molecular complexity index is 1720. The second kappa shape index (κ2) is 11.5. The average molecular weight is 554 g/mol. The number of pyridine rings is 2. The molecule has 0 fully saturated rings. The number of anilines is 3. The van der Waals surface area contributed by atoms with E-state index in [-0.39, 0.29) is 5.56 Å². The number of benzene rings is 2. The summed E-state index contributed by atoms with van der Waals surface area (Å²) in [4.78, 5) is 31.2. The van der Waals surface area contributed by atoms with Crippen LogP contribution in [0, 0.1) is 0 Å². The molecule has 40 heavy (non-hydrogen) atoms. The van der Waals surface area contributed by atoms with Crippen molar-refractivity contribution >= 4 is 40.0 Å². The van der Waals surface area contributed by atoms with Crippen molar-refractivity contribution in [2.75, 3.05) is 45.0 Å². The minimum absolute atomic E-state index is 0.192. The second-order valence-corrected chi connectivity index (χ2v) is 10.7. The zero-order valence-electron chi connectivity index (χ0n) is 23.3. The molecule has 0 bridgehead atoms. The molecular formula is C31H32ClN7O. The molecule has 9 heteroatoms. The lowest BCUT2D eigenvalue weighted by atomic mass is 9.98. The average Bonchev–Trinajstić information content (AvgIpc) is 2.95. The molecular weight excluding hydrogens is 522 g/mol. The summed E-state index contributed by atoms with van der Waals surface area (Å²) >= 11 is 6.80.